The number of hydrogen-bond acceptors (Lipinski definition) is 3. The van der Waals surface area contributed by atoms with Crippen molar-refractivity contribution in [2.45, 2.75) is 19.5 Å². The van der Waals surface area contributed by atoms with Crippen LogP contribution in [0.25, 0.3) is 5.65 Å². The fraction of sp³-hybridized carbons (Fsp3) is 0.286. The normalized spacial score (nSPS) is 18.1. The van der Waals surface area contributed by atoms with E-state index in [0.717, 1.165) is 17.9 Å². The topological polar surface area (TPSA) is 58.4 Å². The van der Waals surface area contributed by atoms with Crippen molar-refractivity contribution in [3.63, 3.8) is 0 Å². The molecule has 3 rings (SSSR count). The molecule has 0 spiro atoms. The molecule has 98 valence electrons. The van der Waals surface area contributed by atoms with E-state index in [1.807, 2.05) is 48.0 Å². The second-order valence-electron chi connectivity index (χ2n) is 4.73. The monoisotopic (exact) mass is 256 g/mol. The summed E-state index contributed by atoms with van der Waals surface area (Å²) in [5.41, 5.74) is 2.94. The van der Waals surface area contributed by atoms with Crippen molar-refractivity contribution >= 4 is 11.6 Å². The Bertz CT molecular complexity index is 644. The first kappa shape index (κ1) is 11.9. The van der Waals surface area contributed by atoms with Crippen LogP contribution in [-0.4, -0.2) is 27.9 Å². The largest absolute Gasteiger partial charge is 0.349 e. The van der Waals surface area contributed by atoms with Crippen LogP contribution in [0, 0.1) is 6.92 Å². The second-order valence-corrected chi connectivity index (χ2v) is 4.73. The summed E-state index contributed by atoms with van der Waals surface area (Å²) in [4.78, 5) is 16.3. The van der Waals surface area contributed by atoms with Crippen molar-refractivity contribution in [3.05, 3.63) is 47.9 Å². The van der Waals surface area contributed by atoms with Crippen LogP contribution in [0.4, 0.5) is 0 Å². The van der Waals surface area contributed by atoms with Gasteiger partial charge in [0.1, 0.15) is 11.7 Å². The number of hydrogen-bond donors (Lipinski definition) is 2. The number of aryl methyl sites for hydroxylation is 1. The number of nitrogens with one attached hydrogen (secondary N) is 2. The minimum atomic E-state index is -0.209. The molecule has 19 heavy (non-hydrogen) atoms. The maximum atomic E-state index is 11.8. The van der Waals surface area contributed by atoms with Gasteiger partial charge in [-0.15, -0.1) is 0 Å². The lowest BCUT2D eigenvalue weighted by Gasteiger charge is -2.08. The molecule has 0 aromatic carbocycles. The Kier molecular flexibility index (Phi) is 3.05. The van der Waals surface area contributed by atoms with E-state index in [1.54, 1.807) is 0 Å². The lowest BCUT2D eigenvalue weighted by molar-refractivity contribution is -0.122. The molecule has 0 saturated heterocycles. The first-order valence-electron chi connectivity index (χ1n) is 6.34. The second kappa shape index (κ2) is 4.85. The van der Waals surface area contributed by atoms with Gasteiger partial charge in [0.2, 0.25) is 5.91 Å². The molecule has 0 saturated carbocycles. The van der Waals surface area contributed by atoms with Crippen LogP contribution in [0.15, 0.2) is 36.7 Å². The number of nitrogens with zero attached hydrogens (tertiary/aromatic N) is 2. The van der Waals surface area contributed by atoms with Gasteiger partial charge in [-0.25, -0.2) is 4.98 Å². The zero-order valence-corrected chi connectivity index (χ0v) is 10.8. The summed E-state index contributed by atoms with van der Waals surface area (Å²) in [5, 5.41) is 5.97. The zero-order valence-electron chi connectivity index (χ0n) is 10.8. The first-order valence-corrected chi connectivity index (χ1v) is 6.34. The van der Waals surface area contributed by atoms with Gasteiger partial charge in [0, 0.05) is 18.9 Å². The van der Waals surface area contributed by atoms with E-state index in [1.165, 1.54) is 5.56 Å². The van der Waals surface area contributed by atoms with Crippen LogP contribution in [0.2, 0.25) is 0 Å². The molecular formula is C14H16N4O. The van der Waals surface area contributed by atoms with Crippen LogP contribution in [0.1, 0.15) is 11.3 Å². The van der Waals surface area contributed by atoms with Gasteiger partial charge in [0.15, 0.2) is 0 Å². The van der Waals surface area contributed by atoms with Crippen LogP contribution >= 0.6 is 0 Å². The summed E-state index contributed by atoms with van der Waals surface area (Å²) in [6.45, 7) is 3.24. The third kappa shape index (κ3) is 2.51. The molecule has 3 heterocycles. The Morgan fingerprint density at radius 1 is 1.63 bits per heavy atom. The molecule has 0 bridgehead atoms. The Morgan fingerprint density at radius 3 is 3.32 bits per heavy atom. The maximum absolute atomic E-state index is 11.8. The van der Waals surface area contributed by atoms with Gasteiger partial charge in [-0.2, -0.15) is 0 Å². The zero-order chi connectivity index (χ0) is 13.2. The van der Waals surface area contributed by atoms with Gasteiger partial charge in [-0.3, -0.25) is 10.1 Å². The van der Waals surface area contributed by atoms with Gasteiger partial charge < -0.3 is 9.72 Å². The van der Waals surface area contributed by atoms with Crippen LogP contribution in [0.3, 0.4) is 0 Å². The molecule has 1 atom stereocenters. The Labute approximate surface area is 111 Å². The van der Waals surface area contributed by atoms with Crippen molar-refractivity contribution in [3.8, 4) is 0 Å². The molecular weight excluding hydrogens is 240 g/mol. The molecule has 2 aromatic rings. The summed E-state index contributed by atoms with van der Waals surface area (Å²) in [6.07, 6.45) is 7.75. The Hall–Kier alpha value is -2.14. The van der Waals surface area contributed by atoms with E-state index in [-0.39, 0.29) is 11.9 Å². The summed E-state index contributed by atoms with van der Waals surface area (Å²) >= 11 is 0. The SMILES string of the molecule is Cc1ccn2cc(CNC(=O)C3C=CCN3)nc2c1. The number of fused-ring (bicyclic) bond motifs is 1. The van der Waals surface area contributed by atoms with E-state index in [9.17, 15) is 4.79 Å². The predicted molar refractivity (Wildman–Crippen MR) is 72.7 cm³/mol. The number of amides is 1. The molecule has 5 nitrogen and oxygen atoms in total. The standard InChI is InChI=1S/C14H16N4O/c1-10-4-6-18-9-11(17-13(18)7-10)8-16-14(19)12-3-2-5-15-12/h2-4,6-7,9,12,15H,5,8H2,1H3,(H,16,19). The van der Waals surface area contributed by atoms with Crippen LogP contribution in [0.5, 0.6) is 0 Å². The minimum absolute atomic E-state index is 0.0120. The fourth-order valence-electron chi connectivity index (χ4n) is 2.16. The molecule has 1 unspecified atom stereocenters. The van der Waals surface area contributed by atoms with E-state index in [4.69, 9.17) is 0 Å². The molecule has 0 aliphatic carbocycles. The summed E-state index contributed by atoms with van der Waals surface area (Å²) in [6, 6.07) is 3.84. The highest BCUT2D eigenvalue weighted by molar-refractivity contribution is 5.84. The highest BCUT2D eigenvalue weighted by Crippen LogP contribution is 2.07. The minimum Gasteiger partial charge on any atom is -0.349 e. The number of carbonyl (C=O) groups excluding carboxylic acids is 1. The van der Waals surface area contributed by atoms with E-state index >= 15 is 0 Å². The third-order valence-electron chi connectivity index (χ3n) is 3.18. The van der Waals surface area contributed by atoms with Gasteiger partial charge in [0.05, 0.1) is 12.2 Å². The summed E-state index contributed by atoms with van der Waals surface area (Å²) in [7, 11) is 0. The third-order valence-corrected chi connectivity index (χ3v) is 3.18. The van der Waals surface area contributed by atoms with Crippen molar-refractivity contribution in [1.29, 1.82) is 0 Å². The highest BCUT2D eigenvalue weighted by Gasteiger charge is 2.17. The molecule has 1 aliphatic rings. The van der Waals surface area contributed by atoms with Gasteiger partial charge in [-0.1, -0.05) is 12.2 Å². The Balaban J connectivity index is 1.68. The predicted octanol–water partition coefficient (Wildman–Crippen LogP) is 0.787. The molecule has 2 aromatic heterocycles. The molecule has 1 amide bonds. The first-order chi connectivity index (χ1) is 9.22. The quantitative estimate of drug-likeness (QED) is 0.798. The molecule has 5 heteroatoms. The van der Waals surface area contributed by atoms with E-state index in [0.29, 0.717) is 6.54 Å². The van der Waals surface area contributed by atoms with Crippen molar-refractivity contribution < 1.29 is 4.79 Å². The van der Waals surface area contributed by atoms with Crippen molar-refractivity contribution in [2.75, 3.05) is 6.54 Å². The molecule has 0 radical (unpaired) electrons. The lowest BCUT2D eigenvalue weighted by atomic mass is 10.3. The number of imidazole rings is 1. The Morgan fingerprint density at radius 2 is 2.53 bits per heavy atom. The van der Waals surface area contributed by atoms with Crippen LogP contribution in [-0.2, 0) is 11.3 Å². The van der Waals surface area contributed by atoms with Crippen LogP contribution < -0.4 is 10.6 Å². The van der Waals surface area contributed by atoms with Crippen molar-refractivity contribution in [1.82, 2.24) is 20.0 Å². The van der Waals surface area contributed by atoms with E-state index < -0.39 is 0 Å². The average Bonchev–Trinajstić information content (AvgIpc) is 3.04. The average molecular weight is 256 g/mol. The maximum Gasteiger partial charge on any atom is 0.241 e. The van der Waals surface area contributed by atoms with E-state index in [2.05, 4.69) is 15.6 Å². The lowest BCUT2D eigenvalue weighted by Crippen LogP contribution is -2.40. The number of aromatic nitrogens is 2. The smallest absolute Gasteiger partial charge is 0.241 e. The molecule has 1 aliphatic heterocycles. The molecule has 2 N–H and O–H groups in total. The summed E-state index contributed by atoms with van der Waals surface area (Å²) < 4.78 is 1.96. The van der Waals surface area contributed by atoms with Gasteiger partial charge in [-0.05, 0) is 24.6 Å². The number of rotatable bonds is 3. The molecule has 0 fully saturated rings. The fourth-order valence-corrected chi connectivity index (χ4v) is 2.16. The number of pyridine rings is 1. The highest BCUT2D eigenvalue weighted by atomic mass is 16.2. The number of carbonyl (C=O) groups is 1. The van der Waals surface area contributed by atoms with Gasteiger partial charge in [0.25, 0.3) is 0 Å². The van der Waals surface area contributed by atoms with Gasteiger partial charge >= 0.3 is 0 Å². The van der Waals surface area contributed by atoms with Crippen molar-refractivity contribution in [2.24, 2.45) is 0 Å². The summed E-state index contributed by atoms with van der Waals surface area (Å²) in [5.74, 6) is -0.0120.